The van der Waals surface area contributed by atoms with E-state index >= 15 is 0 Å². The molecule has 0 saturated heterocycles. The van der Waals surface area contributed by atoms with Gasteiger partial charge in [-0.05, 0) is 49.3 Å². The smallest absolute Gasteiger partial charge is 0.145 e. The van der Waals surface area contributed by atoms with Crippen LogP contribution in [-0.2, 0) is 6.42 Å². The average molecular weight is 280 g/mol. The maximum atomic E-state index is 10.5. The number of hydrogen-bond donors (Lipinski definition) is 2. The molecule has 0 radical (unpaired) electrons. The molecule has 1 saturated carbocycles. The zero-order valence-corrected chi connectivity index (χ0v) is 12.3. The lowest BCUT2D eigenvalue weighted by Gasteiger charge is -2.23. The predicted octanol–water partition coefficient (Wildman–Crippen LogP) is 3.10. The molecule has 3 nitrogen and oxygen atoms in total. The molecule has 1 aliphatic rings. The van der Waals surface area contributed by atoms with Gasteiger partial charge in [-0.25, -0.2) is 0 Å². The summed E-state index contributed by atoms with van der Waals surface area (Å²) < 4.78 is 0. The maximum absolute atomic E-state index is 10.5. The van der Waals surface area contributed by atoms with Crippen molar-refractivity contribution in [3.05, 3.63) is 35.5 Å². The third-order valence-corrected chi connectivity index (χ3v) is 4.10. The molecule has 1 aliphatic carbocycles. The summed E-state index contributed by atoms with van der Waals surface area (Å²) in [6, 6.07) is 5.97. The number of rotatable bonds is 4. The van der Waals surface area contributed by atoms with E-state index in [1.54, 1.807) is 6.20 Å². The van der Waals surface area contributed by atoms with Crippen LogP contribution in [0.25, 0.3) is 10.9 Å². The van der Waals surface area contributed by atoms with Crippen molar-refractivity contribution in [2.24, 2.45) is 5.73 Å². The third-order valence-electron chi connectivity index (χ3n) is 4.10. The lowest BCUT2D eigenvalue weighted by Crippen LogP contribution is -2.38. The van der Waals surface area contributed by atoms with Crippen LogP contribution in [0.1, 0.15) is 43.2 Å². The van der Waals surface area contributed by atoms with Crippen LogP contribution in [-0.4, -0.2) is 15.6 Å². The Morgan fingerprint density at radius 3 is 2.95 bits per heavy atom. The summed E-state index contributed by atoms with van der Waals surface area (Å²) in [5.41, 5.74) is 8.66. The van der Waals surface area contributed by atoms with Crippen LogP contribution in [0.2, 0.25) is 0 Å². The third kappa shape index (κ3) is 2.72. The fourth-order valence-corrected chi connectivity index (χ4v) is 2.91. The highest BCUT2D eigenvalue weighted by molar-refractivity contribution is 5.89. The molecule has 0 aliphatic heterocycles. The molecule has 2 aromatic rings. The zero-order valence-electron chi connectivity index (χ0n) is 12.3. The molecular weight excluding hydrogens is 260 g/mol. The molecule has 1 unspecified atom stereocenters. The van der Waals surface area contributed by atoms with Crippen molar-refractivity contribution in [2.75, 3.05) is 0 Å². The van der Waals surface area contributed by atoms with Crippen LogP contribution < -0.4 is 5.73 Å². The molecule has 0 spiro atoms. The van der Waals surface area contributed by atoms with Crippen molar-refractivity contribution < 1.29 is 5.11 Å². The van der Waals surface area contributed by atoms with E-state index in [2.05, 4.69) is 17.0 Å². The standard InChI is InChI=1S/C18H20N2O/c1-3-8-18(2,19)11-13-10-15(12-6-7-12)17(21)16-14(13)5-4-9-20-16/h1,4-5,9-10,12,21H,6-8,11,19H2,2H3. The number of fused-ring (bicyclic) bond motifs is 1. The minimum absolute atomic E-state index is 0.326. The van der Waals surface area contributed by atoms with Gasteiger partial charge in [-0.1, -0.05) is 12.1 Å². The highest BCUT2D eigenvalue weighted by Gasteiger charge is 2.29. The van der Waals surface area contributed by atoms with E-state index in [4.69, 9.17) is 12.2 Å². The normalized spacial score (nSPS) is 17.4. The van der Waals surface area contributed by atoms with Gasteiger partial charge in [0.1, 0.15) is 11.3 Å². The summed E-state index contributed by atoms with van der Waals surface area (Å²) in [6.07, 6.45) is 10.6. The summed E-state index contributed by atoms with van der Waals surface area (Å²) in [5.74, 6) is 3.44. The lowest BCUT2D eigenvalue weighted by atomic mass is 9.87. The Labute approximate surface area is 125 Å². The summed E-state index contributed by atoms with van der Waals surface area (Å²) in [6.45, 7) is 1.97. The van der Waals surface area contributed by atoms with Crippen LogP contribution in [0.15, 0.2) is 24.4 Å². The van der Waals surface area contributed by atoms with E-state index in [-0.39, 0.29) is 0 Å². The number of terminal acetylenes is 1. The quantitative estimate of drug-likeness (QED) is 0.846. The number of benzene rings is 1. The first-order valence-electron chi connectivity index (χ1n) is 7.33. The van der Waals surface area contributed by atoms with Crippen molar-refractivity contribution in [2.45, 2.75) is 44.1 Å². The molecule has 21 heavy (non-hydrogen) atoms. The minimum atomic E-state index is -0.449. The van der Waals surface area contributed by atoms with Crippen LogP contribution in [0.3, 0.4) is 0 Å². The van der Waals surface area contributed by atoms with Gasteiger partial charge < -0.3 is 10.8 Å². The topological polar surface area (TPSA) is 59.1 Å². The van der Waals surface area contributed by atoms with Crippen LogP contribution in [0.5, 0.6) is 5.75 Å². The first kappa shape index (κ1) is 13.9. The number of pyridine rings is 1. The summed E-state index contributed by atoms with van der Waals surface area (Å²) >= 11 is 0. The van der Waals surface area contributed by atoms with Crippen molar-refractivity contribution >= 4 is 10.9 Å². The van der Waals surface area contributed by atoms with Crippen molar-refractivity contribution in [3.8, 4) is 18.1 Å². The monoisotopic (exact) mass is 280 g/mol. The second-order valence-corrected chi connectivity index (χ2v) is 6.36. The van der Waals surface area contributed by atoms with Crippen molar-refractivity contribution in [3.63, 3.8) is 0 Å². The highest BCUT2D eigenvalue weighted by atomic mass is 16.3. The minimum Gasteiger partial charge on any atom is -0.505 e. The number of phenols is 1. The average Bonchev–Trinajstić information content (AvgIpc) is 3.26. The summed E-state index contributed by atoms with van der Waals surface area (Å²) in [7, 11) is 0. The number of aromatic hydroxyl groups is 1. The van der Waals surface area contributed by atoms with Gasteiger partial charge in [-0.2, -0.15) is 0 Å². The van der Waals surface area contributed by atoms with Gasteiger partial charge in [0.25, 0.3) is 0 Å². The maximum Gasteiger partial charge on any atom is 0.145 e. The zero-order chi connectivity index (χ0) is 15.0. The fraction of sp³-hybridized carbons (Fsp3) is 0.389. The Morgan fingerprint density at radius 1 is 1.52 bits per heavy atom. The summed E-state index contributed by atoms with van der Waals surface area (Å²) in [4.78, 5) is 4.36. The SMILES string of the molecule is C#CCC(C)(N)Cc1cc(C2CC2)c(O)c2ncccc12. The Balaban J connectivity index is 2.13. The molecule has 108 valence electrons. The van der Waals surface area contributed by atoms with Gasteiger partial charge in [0, 0.05) is 23.5 Å². The van der Waals surface area contributed by atoms with E-state index in [0.717, 1.165) is 29.4 Å². The first-order chi connectivity index (χ1) is 10.0. The molecule has 1 aromatic heterocycles. The van der Waals surface area contributed by atoms with E-state index in [9.17, 15) is 5.11 Å². The highest BCUT2D eigenvalue weighted by Crippen LogP contribution is 2.46. The Hall–Kier alpha value is -2.05. The van der Waals surface area contributed by atoms with Gasteiger partial charge in [-0.15, -0.1) is 12.3 Å². The van der Waals surface area contributed by atoms with Gasteiger partial charge in [0.15, 0.2) is 0 Å². The van der Waals surface area contributed by atoms with Crippen molar-refractivity contribution in [1.29, 1.82) is 0 Å². The van der Waals surface area contributed by atoms with Gasteiger partial charge in [-0.3, -0.25) is 4.98 Å². The summed E-state index contributed by atoms with van der Waals surface area (Å²) in [5, 5.41) is 11.4. The van der Waals surface area contributed by atoms with E-state index in [0.29, 0.717) is 30.0 Å². The van der Waals surface area contributed by atoms with Crippen LogP contribution in [0.4, 0.5) is 0 Å². The molecule has 3 N–H and O–H groups in total. The molecular formula is C18H20N2O. The lowest BCUT2D eigenvalue weighted by molar-refractivity contribution is 0.469. The van der Waals surface area contributed by atoms with Crippen LogP contribution >= 0.6 is 0 Å². The van der Waals surface area contributed by atoms with E-state index in [1.165, 1.54) is 0 Å². The number of nitrogens with two attached hydrogens (primary N) is 1. The van der Waals surface area contributed by atoms with Gasteiger partial charge in [0.05, 0.1) is 0 Å². The molecule has 1 aromatic carbocycles. The Kier molecular flexibility index (Phi) is 3.35. The molecule has 1 atom stereocenters. The second kappa shape index (κ2) is 5.05. The number of hydrogen-bond acceptors (Lipinski definition) is 3. The molecule has 1 heterocycles. The predicted molar refractivity (Wildman–Crippen MR) is 85.1 cm³/mol. The van der Waals surface area contributed by atoms with Gasteiger partial charge >= 0.3 is 0 Å². The van der Waals surface area contributed by atoms with E-state index in [1.807, 2.05) is 19.1 Å². The Morgan fingerprint density at radius 2 is 2.29 bits per heavy atom. The first-order valence-corrected chi connectivity index (χ1v) is 7.33. The van der Waals surface area contributed by atoms with Crippen molar-refractivity contribution in [1.82, 2.24) is 4.98 Å². The fourth-order valence-electron chi connectivity index (χ4n) is 2.91. The molecule has 0 bridgehead atoms. The second-order valence-electron chi connectivity index (χ2n) is 6.36. The molecule has 3 rings (SSSR count). The Bertz CT molecular complexity index is 724. The molecule has 0 amide bonds. The number of aromatic nitrogens is 1. The van der Waals surface area contributed by atoms with Crippen LogP contribution in [0, 0.1) is 12.3 Å². The van der Waals surface area contributed by atoms with Gasteiger partial charge in [0.2, 0.25) is 0 Å². The number of phenolic OH excluding ortho intramolecular Hbond substituents is 1. The molecule has 1 fully saturated rings. The largest absolute Gasteiger partial charge is 0.505 e. The molecule has 3 heteroatoms. The number of nitrogens with zero attached hydrogens (tertiary/aromatic N) is 1. The van der Waals surface area contributed by atoms with E-state index < -0.39 is 5.54 Å².